The first-order valence-electron chi connectivity index (χ1n) is 8.05. The number of rotatable bonds is 5. The first kappa shape index (κ1) is 17.9. The fourth-order valence-electron chi connectivity index (χ4n) is 2.88. The molecule has 2 rings (SSSR count). The van der Waals surface area contributed by atoms with Crippen molar-refractivity contribution in [2.24, 2.45) is 5.92 Å². The van der Waals surface area contributed by atoms with Crippen LogP contribution in [0.25, 0.3) is 0 Å². The number of carbonyl (C=O) groups is 2. The van der Waals surface area contributed by atoms with Gasteiger partial charge in [0.1, 0.15) is 5.92 Å². The molecular weight excluding hydrogens is 360 g/mol. The molecule has 23 heavy (non-hydrogen) atoms. The molecule has 2 atom stereocenters. The van der Waals surface area contributed by atoms with Gasteiger partial charge in [-0.05, 0) is 44.4 Å². The van der Waals surface area contributed by atoms with Crippen LogP contribution in [-0.4, -0.2) is 38.1 Å². The van der Waals surface area contributed by atoms with Crippen LogP contribution in [0.1, 0.15) is 25.3 Å². The Morgan fingerprint density at radius 1 is 1.43 bits per heavy atom. The summed E-state index contributed by atoms with van der Waals surface area (Å²) in [4.78, 5) is 25.2. The Hall–Kier alpha value is -1.40. The summed E-state index contributed by atoms with van der Waals surface area (Å²) in [7, 11) is 0. The maximum atomic E-state index is 12.2. The average Bonchev–Trinajstić information content (AvgIpc) is 2.51. The Morgan fingerprint density at radius 2 is 2.22 bits per heavy atom. The smallest absolute Gasteiger partial charge is 0.314 e. The van der Waals surface area contributed by atoms with E-state index in [0.717, 1.165) is 40.0 Å². The molecule has 1 aliphatic rings. The van der Waals surface area contributed by atoms with Crippen LogP contribution in [0.5, 0.6) is 0 Å². The van der Waals surface area contributed by atoms with Gasteiger partial charge in [0.05, 0.1) is 19.7 Å². The molecule has 1 heterocycles. The Bertz CT molecular complexity index is 577. The molecule has 1 saturated heterocycles. The molecule has 0 radical (unpaired) electrons. The number of anilines is 1. The fraction of sp³-hybridized carbons (Fsp3) is 0.529. The number of hydrogen-bond donors (Lipinski definition) is 2. The van der Waals surface area contributed by atoms with Crippen LogP contribution in [0.2, 0.25) is 0 Å². The van der Waals surface area contributed by atoms with Crippen molar-refractivity contribution < 1.29 is 19.2 Å². The van der Waals surface area contributed by atoms with Crippen molar-refractivity contribution >= 4 is 33.5 Å². The number of benzene rings is 1. The lowest BCUT2D eigenvalue weighted by Crippen LogP contribution is -3.14. The van der Waals surface area contributed by atoms with Crippen LogP contribution in [-0.2, 0) is 14.3 Å². The fourth-order valence-corrected chi connectivity index (χ4v) is 3.25. The quantitative estimate of drug-likeness (QED) is 0.758. The molecule has 0 aromatic heterocycles. The van der Waals surface area contributed by atoms with E-state index >= 15 is 0 Å². The molecule has 0 aliphatic carbocycles. The van der Waals surface area contributed by atoms with Gasteiger partial charge in [-0.3, -0.25) is 9.59 Å². The second-order valence-electron chi connectivity index (χ2n) is 5.98. The topological polar surface area (TPSA) is 59.8 Å². The van der Waals surface area contributed by atoms with Gasteiger partial charge in [-0.2, -0.15) is 0 Å². The van der Waals surface area contributed by atoms with Gasteiger partial charge in [0.25, 0.3) is 5.91 Å². The third-order valence-corrected chi connectivity index (χ3v) is 4.96. The first-order chi connectivity index (χ1) is 11.0. The molecule has 1 aliphatic heterocycles. The molecule has 1 aromatic rings. The van der Waals surface area contributed by atoms with Crippen LogP contribution in [0.4, 0.5) is 5.69 Å². The SMILES string of the molecule is CCOC(=O)[C@@H]1CCC[NH+](CC(=O)Nc2ccc(C)c(Br)c2)C1. The number of esters is 1. The average molecular weight is 384 g/mol. The van der Waals surface area contributed by atoms with Crippen molar-refractivity contribution in [3.63, 3.8) is 0 Å². The monoisotopic (exact) mass is 383 g/mol. The third kappa shape index (κ3) is 5.32. The number of carbonyl (C=O) groups excluding carboxylic acids is 2. The van der Waals surface area contributed by atoms with Crippen molar-refractivity contribution in [2.45, 2.75) is 26.7 Å². The number of ether oxygens (including phenoxy) is 1. The number of piperidine rings is 1. The number of nitrogens with one attached hydrogen (secondary N) is 2. The molecule has 0 saturated carbocycles. The Balaban J connectivity index is 1.86. The summed E-state index contributed by atoms with van der Waals surface area (Å²) in [6.07, 6.45) is 1.80. The highest BCUT2D eigenvalue weighted by molar-refractivity contribution is 9.10. The maximum Gasteiger partial charge on any atom is 0.314 e. The van der Waals surface area contributed by atoms with Gasteiger partial charge in [0.2, 0.25) is 0 Å². The van der Waals surface area contributed by atoms with Crippen LogP contribution in [0.3, 0.4) is 0 Å². The standard InChI is InChI=1S/C17H23BrN2O3/c1-3-23-17(22)13-5-4-8-20(10-13)11-16(21)19-14-7-6-12(2)15(18)9-14/h6-7,9,13H,3-5,8,10-11H2,1-2H3,(H,19,21)/p+1/t13-/m1/s1. The van der Waals surface area contributed by atoms with Crippen LogP contribution >= 0.6 is 15.9 Å². The molecule has 1 unspecified atom stereocenters. The Kier molecular flexibility index (Phi) is 6.59. The van der Waals surface area contributed by atoms with Crippen LogP contribution < -0.4 is 10.2 Å². The summed E-state index contributed by atoms with van der Waals surface area (Å²) in [5, 5.41) is 2.92. The molecule has 6 heteroatoms. The zero-order valence-corrected chi connectivity index (χ0v) is 15.2. The van der Waals surface area contributed by atoms with E-state index in [1.54, 1.807) is 0 Å². The van der Waals surface area contributed by atoms with Crippen molar-refractivity contribution in [1.82, 2.24) is 0 Å². The molecule has 0 bridgehead atoms. The first-order valence-corrected chi connectivity index (χ1v) is 8.85. The lowest BCUT2D eigenvalue weighted by atomic mass is 9.98. The van der Waals surface area contributed by atoms with E-state index in [-0.39, 0.29) is 17.8 Å². The highest BCUT2D eigenvalue weighted by Gasteiger charge is 2.30. The van der Waals surface area contributed by atoms with Crippen molar-refractivity contribution in [1.29, 1.82) is 0 Å². The number of halogens is 1. The Morgan fingerprint density at radius 3 is 2.91 bits per heavy atom. The van der Waals surface area contributed by atoms with Gasteiger partial charge in [0.15, 0.2) is 6.54 Å². The normalized spacial score (nSPS) is 20.8. The lowest BCUT2D eigenvalue weighted by molar-refractivity contribution is -0.899. The molecule has 5 nitrogen and oxygen atoms in total. The van der Waals surface area contributed by atoms with Gasteiger partial charge < -0.3 is 15.0 Å². The van der Waals surface area contributed by atoms with Gasteiger partial charge in [0, 0.05) is 10.2 Å². The van der Waals surface area contributed by atoms with Crippen molar-refractivity contribution in [3.8, 4) is 0 Å². The summed E-state index contributed by atoms with van der Waals surface area (Å²) in [5.41, 5.74) is 1.91. The van der Waals surface area contributed by atoms with E-state index in [1.807, 2.05) is 32.0 Å². The van der Waals surface area contributed by atoms with E-state index in [9.17, 15) is 9.59 Å². The minimum absolute atomic E-state index is 0.0275. The van der Waals surface area contributed by atoms with E-state index < -0.39 is 0 Å². The third-order valence-electron chi connectivity index (χ3n) is 4.10. The molecule has 0 spiro atoms. The molecular formula is C17H24BrN2O3+. The number of likely N-dealkylation sites (tertiary alicyclic amines) is 1. The molecule has 1 fully saturated rings. The van der Waals surface area contributed by atoms with E-state index in [0.29, 0.717) is 19.7 Å². The summed E-state index contributed by atoms with van der Waals surface area (Å²) in [6, 6.07) is 5.76. The van der Waals surface area contributed by atoms with Crippen LogP contribution in [0.15, 0.2) is 22.7 Å². The number of hydrogen-bond acceptors (Lipinski definition) is 3. The summed E-state index contributed by atoms with van der Waals surface area (Å²) in [6.45, 7) is 6.20. The van der Waals surface area contributed by atoms with Gasteiger partial charge >= 0.3 is 5.97 Å². The zero-order chi connectivity index (χ0) is 16.8. The maximum absolute atomic E-state index is 12.2. The van der Waals surface area contributed by atoms with E-state index in [4.69, 9.17) is 4.74 Å². The van der Waals surface area contributed by atoms with Crippen LogP contribution in [0, 0.1) is 12.8 Å². The van der Waals surface area contributed by atoms with Crippen molar-refractivity contribution in [3.05, 3.63) is 28.2 Å². The number of quaternary nitrogens is 1. The summed E-state index contributed by atoms with van der Waals surface area (Å²) in [5.74, 6) is -0.243. The van der Waals surface area contributed by atoms with E-state index in [1.165, 1.54) is 0 Å². The summed E-state index contributed by atoms with van der Waals surface area (Å²) >= 11 is 3.47. The highest BCUT2D eigenvalue weighted by atomic mass is 79.9. The predicted octanol–water partition coefficient (Wildman–Crippen LogP) is 1.55. The molecule has 1 amide bonds. The van der Waals surface area contributed by atoms with Gasteiger partial charge in [-0.15, -0.1) is 0 Å². The van der Waals surface area contributed by atoms with Gasteiger partial charge in [-0.1, -0.05) is 22.0 Å². The largest absolute Gasteiger partial charge is 0.466 e. The number of aryl methyl sites for hydroxylation is 1. The van der Waals surface area contributed by atoms with Gasteiger partial charge in [-0.25, -0.2) is 0 Å². The van der Waals surface area contributed by atoms with E-state index in [2.05, 4.69) is 21.2 Å². The predicted molar refractivity (Wildman–Crippen MR) is 92.4 cm³/mol. The van der Waals surface area contributed by atoms with Crippen molar-refractivity contribution in [2.75, 3.05) is 31.6 Å². The lowest BCUT2D eigenvalue weighted by Gasteiger charge is -2.28. The second kappa shape index (κ2) is 8.45. The second-order valence-corrected chi connectivity index (χ2v) is 6.84. The molecule has 2 N–H and O–H groups in total. The highest BCUT2D eigenvalue weighted by Crippen LogP contribution is 2.20. The Labute approximate surface area is 145 Å². The minimum Gasteiger partial charge on any atom is -0.466 e. The minimum atomic E-state index is -0.132. The molecule has 1 aromatic carbocycles. The number of amides is 1. The summed E-state index contributed by atoms with van der Waals surface area (Å²) < 4.78 is 6.07. The zero-order valence-electron chi connectivity index (χ0n) is 13.7. The molecule has 126 valence electrons.